The maximum Gasteiger partial charge on any atom is 0.237 e. The molecule has 0 aromatic heterocycles. The standard InChI is InChI=1S/C23H32ClN3O2.H2S/c1-22(2,3)12-17-23(15-10-9-14(24)11-16(15)26-21(23)29)18(13-7-5-6-8-13)19(27-17)20(28)25-4;/h9-11,13,17-19,27H,5-8,12H2,1-4H3,(H,25,28)(H,26,29);1H2/t17-,18+,19-,23+;/m1./s1. The fraction of sp³-hybridized carbons (Fsp3) is 0.652. The number of carbonyl (C=O) groups is 2. The van der Waals surface area contributed by atoms with E-state index < -0.39 is 5.41 Å². The molecule has 0 bridgehead atoms. The summed E-state index contributed by atoms with van der Waals surface area (Å²) in [5.41, 5.74) is 1.05. The van der Waals surface area contributed by atoms with E-state index in [0.29, 0.717) is 10.9 Å². The average Bonchev–Trinajstić information content (AvgIpc) is 3.32. The number of amides is 2. The Labute approximate surface area is 191 Å². The Balaban J connectivity index is 0.00000256. The molecule has 7 heteroatoms. The van der Waals surface area contributed by atoms with E-state index in [4.69, 9.17) is 11.6 Å². The molecule has 4 rings (SSSR count). The number of halogens is 1. The zero-order valence-corrected chi connectivity index (χ0v) is 20.0. The molecule has 2 fully saturated rings. The van der Waals surface area contributed by atoms with Crippen LogP contribution in [-0.2, 0) is 15.0 Å². The van der Waals surface area contributed by atoms with Crippen LogP contribution >= 0.6 is 25.1 Å². The number of likely N-dealkylation sites (N-methyl/N-ethyl adjacent to an activating group) is 1. The van der Waals surface area contributed by atoms with E-state index in [1.165, 1.54) is 0 Å². The Morgan fingerprint density at radius 3 is 2.53 bits per heavy atom. The summed E-state index contributed by atoms with van der Waals surface area (Å²) in [6, 6.07) is 5.23. The summed E-state index contributed by atoms with van der Waals surface area (Å²) < 4.78 is 0. The van der Waals surface area contributed by atoms with E-state index >= 15 is 0 Å². The summed E-state index contributed by atoms with van der Waals surface area (Å²) in [6.45, 7) is 6.57. The highest BCUT2D eigenvalue weighted by Gasteiger charge is 2.66. The maximum atomic E-state index is 13.8. The Kier molecular flexibility index (Phi) is 6.53. The Bertz CT molecular complexity index is 834. The number of carbonyl (C=O) groups excluding carboxylic acids is 2. The molecule has 1 aliphatic carbocycles. The molecule has 0 radical (unpaired) electrons. The second kappa shape index (κ2) is 8.36. The fourth-order valence-corrected chi connectivity index (χ4v) is 6.31. The predicted molar refractivity (Wildman–Crippen MR) is 126 cm³/mol. The first-order valence-electron chi connectivity index (χ1n) is 10.8. The molecule has 2 heterocycles. The lowest BCUT2D eigenvalue weighted by molar-refractivity contribution is -0.126. The van der Waals surface area contributed by atoms with E-state index in [1.807, 2.05) is 18.2 Å². The summed E-state index contributed by atoms with van der Waals surface area (Å²) in [7, 11) is 1.68. The van der Waals surface area contributed by atoms with Crippen molar-refractivity contribution in [2.75, 3.05) is 12.4 Å². The second-order valence-corrected chi connectivity index (χ2v) is 10.6. The average molecular weight is 452 g/mol. The normalized spacial score (nSPS) is 30.8. The lowest BCUT2D eigenvalue weighted by Crippen LogP contribution is -2.52. The largest absolute Gasteiger partial charge is 0.358 e. The van der Waals surface area contributed by atoms with Crippen molar-refractivity contribution >= 4 is 42.6 Å². The van der Waals surface area contributed by atoms with Crippen molar-refractivity contribution < 1.29 is 9.59 Å². The van der Waals surface area contributed by atoms with Crippen molar-refractivity contribution in [2.45, 2.75) is 70.4 Å². The Morgan fingerprint density at radius 1 is 1.27 bits per heavy atom. The zero-order chi connectivity index (χ0) is 21.0. The molecule has 1 saturated heterocycles. The highest BCUT2D eigenvalue weighted by Crippen LogP contribution is 2.57. The minimum atomic E-state index is -0.751. The summed E-state index contributed by atoms with van der Waals surface area (Å²) >= 11 is 6.24. The van der Waals surface area contributed by atoms with Gasteiger partial charge in [-0.3, -0.25) is 9.59 Å². The molecule has 5 nitrogen and oxygen atoms in total. The van der Waals surface area contributed by atoms with Crippen LogP contribution < -0.4 is 16.0 Å². The molecular weight excluding hydrogens is 418 g/mol. The first-order chi connectivity index (χ1) is 13.7. The zero-order valence-electron chi connectivity index (χ0n) is 18.3. The van der Waals surface area contributed by atoms with Gasteiger partial charge in [0.25, 0.3) is 0 Å². The van der Waals surface area contributed by atoms with Crippen molar-refractivity contribution in [3.8, 4) is 0 Å². The number of benzene rings is 1. The van der Waals surface area contributed by atoms with Crippen LogP contribution in [0.25, 0.3) is 0 Å². The number of fused-ring (bicyclic) bond motifs is 2. The molecular formula is C23H34ClN3O2S. The van der Waals surface area contributed by atoms with Gasteiger partial charge in [-0.2, -0.15) is 13.5 Å². The SMILES string of the molecule is CNC(=O)[C@@H]1N[C@H](CC(C)(C)C)[C@]2(C(=O)Nc3cc(Cl)ccc32)[C@H]1C1CCCC1.S. The number of nitrogens with one attached hydrogen (secondary N) is 3. The van der Waals surface area contributed by atoms with Crippen LogP contribution in [0.3, 0.4) is 0 Å². The minimum Gasteiger partial charge on any atom is -0.358 e. The molecule has 1 aromatic carbocycles. The molecule has 3 N–H and O–H groups in total. The third-order valence-corrected chi connectivity index (χ3v) is 7.35. The first kappa shape index (κ1) is 23.4. The molecule has 2 amide bonds. The lowest BCUT2D eigenvalue weighted by atomic mass is 9.60. The molecule has 3 aliphatic rings. The van der Waals surface area contributed by atoms with Gasteiger partial charge in [0.05, 0.1) is 11.5 Å². The minimum absolute atomic E-state index is 0. The van der Waals surface area contributed by atoms with Gasteiger partial charge in [-0.1, -0.05) is 64.1 Å². The smallest absolute Gasteiger partial charge is 0.237 e. The maximum absolute atomic E-state index is 13.8. The van der Waals surface area contributed by atoms with E-state index in [-0.39, 0.29) is 48.7 Å². The summed E-state index contributed by atoms with van der Waals surface area (Å²) in [4.78, 5) is 26.7. The van der Waals surface area contributed by atoms with Crippen molar-refractivity contribution in [3.05, 3.63) is 28.8 Å². The molecule has 1 aromatic rings. The van der Waals surface area contributed by atoms with E-state index in [0.717, 1.165) is 43.4 Å². The number of hydrogen-bond donors (Lipinski definition) is 3. The van der Waals surface area contributed by atoms with E-state index in [2.05, 4.69) is 36.7 Å². The lowest BCUT2D eigenvalue weighted by Gasteiger charge is -2.39. The third kappa shape index (κ3) is 3.65. The first-order valence-corrected chi connectivity index (χ1v) is 11.2. The molecule has 1 spiro atoms. The molecule has 2 aliphatic heterocycles. The van der Waals surface area contributed by atoms with Gasteiger partial charge in [0.2, 0.25) is 11.8 Å². The summed E-state index contributed by atoms with van der Waals surface area (Å²) in [6.07, 6.45) is 5.27. The van der Waals surface area contributed by atoms with Crippen LogP contribution in [-0.4, -0.2) is 30.9 Å². The van der Waals surface area contributed by atoms with Gasteiger partial charge in [-0.05, 0) is 35.4 Å². The van der Waals surface area contributed by atoms with Crippen molar-refractivity contribution in [3.63, 3.8) is 0 Å². The number of hydrogen-bond acceptors (Lipinski definition) is 3. The topological polar surface area (TPSA) is 70.2 Å². The molecule has 0 unspecified atom stereocenters. The summed E-state index contributed by atoms with van der Waals surface area (Å²) in [5.74, 6) is 0.273. The van der Waals surface area contributed by atoms with Gasteiger partial charge in [-0.25, -0.2) is 0 Å². The highest BCUT2D eigenvalue weighted by molar-refractivity contribution is 7.59. The third-order valence-electron chi connectivity index (χ3n) is 7.12. The summed E-state index contributed by atoms with van der Waals surface area (Å²) in [5, 5.41) is 10.2. The monoisotopic (exact) mass is 451 g/mol. The number of anilines is 1. The van der Waals surface area contributed by atoms with Crippen molar-refractivity contribution in [1.29, 1.82) is 0 Å². The van der Waals surface area contributed by atoms with Gasteiger partial charge in [0.15, 0.2) is 0 Å². The van der Waals surface area contributed by atoms with Gasteiger partial charge in [-0.15, -0.1) is 0 Å². The second-order valence-electron chi connectivity index (χ2n) is 10.2. The molecule has 1 saturated carbocycles. The highest BCUT2D eigenvalue weighted by atomic mass is 35.5. The van der Waals surface area contributed by atoms with Crippen molar-refractivity contribution in [2.24, 2.45) is 17.3 Å². The van der Waals surface area contributed by atoms with E-state index in [1.54, 1.807) is 7.05 Å². The van der Waals surface area contributed by atoms with Crippen LogP contribution in [0.1, 0.15) is 58.4 Å². The van der Waals surface area contributed by atoms with Crippen LogP contribution in [0.2, 0.25) is 5.02 Å². The van der Waals surface area contributed by atoms with Crippen LogP contribution in [0.5, 0.6) is 0 Å². The molecule has 4 atom stereocenters. The van der Waals surface area contributed by atoms with Gasteiger partial charge in [0, 0.05) is 29.7 Å². The van der Waals surface area contributed by atoms with Crippen LogP contribution in [0, 0.1) is 17.3 Å². The molecule has 30 heavy (non-hydrogen) atoms. The fourth-order valence-electron chi connectivity index (χ4n) is 6.14. The Morgan fingerprint density at radius 2 is 1.93 bits per heavy atom. The Hall–Kier alpha value is -1.24. The van der Waals surface area contributed by atoms with Crippen LogP contribution in [0.15, 0.2) is 18.2 Å². The van der Waals surface area contributed by atoms with Gasteiger partial charge in [0.1, 0.15) is 0 Å². The predicted octanol–water partition coefficient (Wildman–Crippen LogP) is 3.97. The van der Waals surface area contributed by atoms with Gasteiger partial charge >= 0.3 is 0 Å². The van der Waals surface area contributed by atoms with E-state index in [9.17, 15) is 9.59 Å². The quantitative estimate of drug-likeness (QED) is 0.651. The van der Waals surface area contributed by atoms with Crippen molar-refractivity contribution in [1.82, 2.24) is 10.6 Å². The number of rotatable bonds is 3. The van der Waals surface area contributed by atoms with Gasteiger partial charge < -0.3 is 16.0 Å². The van der Waals surface area contributed by atoms with Crippen LogP contribution in [0.4, 0.5) is 5.69 Å². The molecule has 166 valence electrons.